The highest BCUT2D eigenvalue weighted by Gasteiger charge is 2.15. The summed E-state index contributed by atoms with van der Waals surface area (Å²) in [5.41, 5.74) is 5.51. The van der Waals surface area contributed by atoms with Crippen molar-refractivity contribution in [3.63, 3.8) is 0 Å². The summed E-state index contributed by atoms with van der Waals surface area (Å²) < 4.78 is 0. The molecule has 0 aliphatic carbocycles. The Morgan fingerprint density at radius 3 is 2.95 bits per heavy atom. The Kier molecular flexibility index (Phi) is 5.25. The molecule has 1 aromatic rings. The van der Waals surface area contributed by atoms with Crippen LogP contribution in [0.3, 0.4) is 0 Å². The number of nitrogens with zero attached hydrogens (tertiary/aromatic N) is 2. The van der Waals surface area contributed by atoms with E-state index in [1.54, 1.807) is 12.2 Å². The molecule has 0 spiro atoms. The summed E-state index contributed by atoms with van der Waals surface area (Å²) in [5, 5.41) is 13.4. The molecule has 0 aliphatic heterocycles. The van der Waals surface area contributed by atoms with Gasteiger partial charge in [0.05, 0.1) is 4.92 Å². The molecule has 0 bridgehead atoms. The topological polar surface area (TPSA) is 111 Å². The predicted molar refractivity (Wildman–Crippen MR) is 72.6 cm³/mol. The second-order valence-corrected chi connectivity index (χ2v) is 4.06. The summed E-state index contributed by atoms with van der Waals surface area (Å²) in [4.78, 5) is 24.4. The fourth-order valence-corrected chi connectivity index (χ4v) is 1.52. The van der Waals surface area contributed by atoms with Gasteiger partial charge < -0.3 is 11.1 Å². The number of nitrogens with one attached hydrogen (secondary N) is 1. The van der Waals surface area contributed by atoms with Crippen molar-refractivity contribution in [3.8, 4) is 0 Å². The first-order chi connectivity index (χ1) is 8.91. The van der Waals surface area contributed by atoms with Crippen LogP contribution in [-0.2, 0) is 4.79 Å². The Morgan fingerprint density at radius 2 is 2.37 bits per heavy atom. The number of amides is 1. The van der Waals surface area contributed by atoms with Gasteiger partial charge in [-0.25, -0.2) is 4.98 Å². The first-order valence-electron chi connectivity index (χ1n) is 5.43. The van der Waals surface area contributed by atoms with E-state index < -0.39 is 4.92 Å². The van der Waals surface area contributed by atoms with E-state index in [9.17, 15) is 14.9 Å². The number of pyridine rings is 1. The lowest BCUT2D eigenvalue weighted by Crippen LogP contribution is -2.20. The minimum Gasteiger partial charge on any atom is -0.378 e. The largest absolute Gasteiger partial charge is 0.378 e. The fourth-order valence-electron chi connectivity index (χ4n) is 1.31. The summed E-state index contributed by atoms with van der Waals surface area (Å²) in [6.07, 6.45) is 3.91. The molecule has 8 heteroatoms. The molecule has 3 N–H and O–H groups in total. The average molecular weight is 285 g/mol. The number of hydrogen-bond donors (Lipinski definition) is 2. The van der Waals surface area contributed by atoms with Gasteiger partial charge >= 0.3 is 5.69 Å². The van der Waals surface area contributed by atoms with Crippen molar-refractivity contribution in [1.82, 2.24) is 10.3 Å². The van der Waals surface area contributed by atoms with Crippen LogP contribution in [0, 0.1) is 10.1 Å². The van der Waals surface area contributed by atoms with Crippen molar-refractivity contribution in [2.45, 2.75) is 13.3 Å². The van der Waals surface area contributed by atoms with Crippen LogP contribution in [-0.4, -0.2) is 22.4 Å². The third kappa shape index (κ3) is 4.55. The molecule has 1 aromatic heterocycles. The monoisotopic (exact) mass is 284 g/mol. The summed E-state index contributed by atoms with van der Waals surface area (Å²) >= 11 is 5.83. The number of carbonyl (C=O) groups is 1. The first kappa shape index (κ1) is 14.9. The van der Waals surface area contributed by atoms with Gasteiger partial charge in [-0.2, -0.15) is 0 Å². The van der Waals surface area contributed by atoms with E-state index in [-0.39, 0.29) is 22.6 Å². The van der Waals surface area contributed by atoms with Crippen molar-refractivity contribution in [3.05, 3.63) is 33.0 Å². The van der Waals surface area contributed by atoms with Crippen LogP contribution in [0.2, 0.25) is 5.15 Å². The average Bonchev–Trinajstić information content (AvgIpc) is 2.30. The number of hydrogen-bond acceptors (Lipinski definition) is 5. The number of halogens is 1. The molecule has 0 fully saturated rings. The Hall–Kier alpha value is -2.15. The SMILES string of the molecule is CC(=O)NCCC=Cc1cc([N+](=O)[O-])c(N)nc1Cl. The normalized spacial score (nSPS) is 10.6. The third-order valence-corrected chi connectivity index (χ3v) is 2.49. The number of anilines is 1. The number of nitro groups is 1. The highest BCUT2D eigenvalue weighted by atomic mass is 35.5. The second kappa shape index (κ2) is 6.69. The molecule has 0 saturated heterocycles. The Labute approximate surface area is 114 Å². The van der Waals surface area contributed by atoms with E-state index in [1.165, 1.54) is 13.0 Å². The van der Waals surface area contributed by atoms with Crippen LogP contribution in [0.1, 0.15) is 18.9 Å². The van der Waals surface area contributed by atoms with E-state index in [1.807, 2.05) is 0 Å². The van der Waals surface area contributed by atoms with E-state index in [2.05, 4.69) is 10.3 Å². The smallest absolute Gasteiger partial charge is 0.311 e. The molecule has 1 heterocycles. The Bertz CT molecular complexity index is 531. The maximum atomic E-state index is 10.7. The number of nitrogen functional groups attached to an aromatic ring is 1. The lowest BCUT2D eigenvalue weighted by atomic mass is 10.2. The van der Waals surface area contributed by atoms with Gasteiger partial charge in [0.1, 0.15) is 5.15 Å². The second-order valence-electron chi connectivity index (χ2n) is 3.70. The van der Waals surface area contributed by atoms with Crippen LogP contribution in [0.5, 0.6) is 0 Å². The fraction of sp³-hybridized carbons (Fsp3) is 0.273. The molecule has 0 radical (unpaired) electrons. The van der Waals surface area contributed by atoms with E-state index in [0.29, 0.717) is 18.5 Å². The summed E-state index contributed by atoms with van der Waals surface area (Å²) in [5.74, 6) is -0.332. The lowest BCUT2D eigenvalue weighted by Gasteiger charge is -2.01. The highest BCUT2D eigenvalue weighted by molar-refractivity contribution is 6.31. The maximum absolute atomic E-state index is 10.7. The van der Waals surface area contributed by atoms with Gasteiger partial charge in [-0.05, 0) is 6.42 Å². The van der Waals surface area contributed by atoms with Gasteiger partial charge in [0.15, 0.2) is 0 Å². The van der Waals surface area contributed by atoms with Gasteiger partial charge in [0.25, 0.3) is 0 Å². The molecule has 1 amide bonds. The standard InChI is InChI=1S/C11H13ClN4O3/c1-7(17)14-5-3-2-4-8-6-9(16(18)19)11(13)15-10(8)12/h2,4,6H,3,5H2,1H3,(H2,13,15)(H,14,17). The van der Waals surface area contributed by atoms with Gasteiger partial charge in [-0.3, -0.25) is 14.9 Å². The van der Waals surface area contributed by atoms with Crippen molar-refractivity contribution in [1.29, 1.82) is 0 Å². The Morgan fingerprint density at radius 1 is 1.68 bits per heavy atom. The quantitative estimate of drug-likeness (QED) is 0.370. The summed E-state index contributed by atoms with van der Waals surface area (Å²) in [7, 11) is 0. The molecule has 0 aliphatic rings. The van der Waals surface area contributed by atoms with Crippen LogP contribution in [0.15, 0.2) is 12.1 Å². The van der Waals surface area contributed by atoms with Gasteiger partial charge in [0.2, 0.25) is 11.7 Å². The van der Waals surface area contributed by atoms with E-state index >= 15 is 0 Å². The van der Waals surface area contributed by atoms with Crippen LogP contribution < -0.4 is 11.1 Å². The number of rotatable bonds is 5. The first-order valence-corrected chi connectivity index (χ1v) is 5.81. The van der Waals surface area contributed by atoms with Crippen LogP contribution >= 0.6 is 11.6 Å². The van der Waals surface area contributed by atoms with Crippen molar-refractivity contribution < 1.29 is 9.72 Å². The zero-order chi connectivity index (χ0) is 14.4. The maximum Gasteiger partial charge on any atom is 0.311 e. The van der Waals surface area contributed by atoms with Crippen molar-refractivity contribution in [2.24, 2.45) is 0 Å². The van der Waals surface area contributed by atoms with Crippen LogP contribution in [0.4, 0.5) is 11.5 Å². The minimum atomic E-state index is -0.618. The molecule has 1 rings (SSSR count). The zero-order valence-electron chi connectivity index (χ0n) is 10.2. The van der Waals surface area contributed by atoms with Gasteiger partial charge in [0, 0.05) is 25.1 Å². The van der Waals surface area contributed by atoms with Crippen molar-refractivity contribution in [2.75, 3.05) is 12.3 Å². The zero-order valence-corrected chi connectivity index (χ0v) is 11.0. The molecule has 0 aromatic carbocycles. The molecule has 0 saturated carbocycles. The minimum absolute atomic E-state index is 0.0962. The summed E-state index contributed by atoms with van der Waals surface area (Å²) in [6.45, 7) is 1.90. The van der Waals surface area contributed by atoms with E-state index in [4.69, 9.17) is 17.3 Å². The molecule has 0 unspecified atom stereocenters. The number of nitrogens with two attached hydrogens (primary N) is 1. The lowest BCUT2D eigenvalue weighted by molar-refractivity contribution is -0.384. The number of aromatic nitrogens is 1. The van der Waals surface area contributed by atoms with Gasteiger partial charge in [-0.15, -0.1) is 0 Å². The molecular weight excluding hydrogens is 272 g/mol. The van der Waals surface area contributed by atoms with Crippen molar-refractivity contribution >= 4 is 35.1 Å². The molecule has 7 nitrogen and oxygen atoms in total. The van der Waals surface area contributed by atoms with E-state index in [0.717, 1.165) is 0 Å². The number of carbonyl (C=O) groups excluding carboxylic acids is 1. The third-order valence-electron chi connectivity index (χ3n) is 2.19. The highest BCUT2D eigenvalue weighted by Crippen LogP contribution is 2.26. The summed E-state index contributed by atoms with van der Waals surface area (Å²) in [6, 6.07) is 1.26. The molecule has 19 heavy (non-hydrogen) atoms. The van der Waals surface area contributed by atoms with Crippen LogP contribution in [0.25, 0.3) is 6.08 Å². The predicted octanol–water partition coefficient (Wildman–Crippen LogP) is 1.76. The molecular formula is C11H13ClN4O3. The molecule has 102 valence electrons. The molecule has 0 atom stereocenters. The van der Waals surface area contributed by atoms with Gasteiger partial charge in [-0.1, -0.05) is 23.8 Å². The Balaban J connectivity index is 2.77.